The van der Waals surface area contributed by atoms with Crippen molar-refractivity contribution in [1.82, 2.24) is 0 Å². The molecule has 7 heteroatoms. The lowest BCUT2D eigenvalue weighted by Gasteiger charge is -2.11. The lowest BCUT2D eigenvalue weighted by atomic mass is 10.2. The van der Waals surface area contributed by atoms with E-state index in [9.17, 15) is 18.0 Å². The van der Waals surface area contributed by atoms with Crippen molar-refractivity contribution in [2.24, 2.45) is 0 Å². The normalized spacial score (nSPS) is 11.4. The molecule has 0 aliphatic carbocycles. The van der Waals surface area contributed by atoms with Crippen LogP contribution in [0, 0.1) is 0 Å². The third-order valence-corrected chi connectivity index (χ3v) is 2.94. The number of nitrogens with one attached hydrogen (secondary N) is 1. The molecule has 19 heavy (non-hydrogen) atoms. The zero-order valence-electron chi connectivity index (χ0n) is 9.86. The SMILES string of the molecule is O=C(CCCCCl)Nc1ccc(C(F)(F)F)cc1Cl. The number of anilines is 1. The van der Waals surface area contributed by atoms with E-state index in [1.165, 1.54) is 0 Å². The summed E-state index contributed by atoms with van der Waals surface area (Å²) in [5, 5.41) is 2.33. The molecule has 1 rings (SSSR count). The van der Waals surface area contributed by atoms with Crippen LogP contribution in [0.3, 0.4) is 0 Å². The Morgan fingerprint density at radius 1 is 1.26 bits per heavy atom. The van der Waals surface area contributed by atoms with E-state index >= 15 is 0 Å². The molecule has 1 aromatic rings. The fourth-order valence-electron chi connectivity index (χ4n) is 1.39. The number of rotatable bonds is 5. The smallest absolute Gasteiger partial charge is 0.325 e. The van der Waals surface area contributed by atoms with Gasteiger partial charge >= 0.3 is 6.18 Å². The number of alkyl halides is 4. The first-order chi connectivity index (χ1) is 8.84. The lowest BCUT2D eigenvalue weighted by molar-refractivity contribution is -0.137. The molecule has 0 aromatic heterocycles. The van der Waals surface area contributed by atoms with Crippen molar-refractivity contribution in [2.45, 2.75) is 25.4 Å². The van der Waals surface area contributed by atoms with Crippen LogP contribution in [0.1, 0.15) is 24.8 Å². The van der Waals surface area contributed by atoms with Crippen molar-refractivity contribution in [3.05, 3.63) is 28.8 Å². The number of benzene rings is 1. The first-order valence-electron chi connectivity index (χ1n) is 5.57. The predicted octanol–water partition coefficient (Wildman–Crippen LogP) is 4.71. The van der Waals surface area contributed by atoms with E-state index in [0.29, 0.717) is 18.7 Å². The van der Waals surface area contributed by atoms with E-state index in [-0.39, 0.29) is 23.0 Å². The Morgan fingerprint density at radius 2 is 1.95 bits per heavy atom. The van der Waals surface area contributed by atoms with Crippen LogP contribution in [0.5, 0.6) is 0 Å². The van der Waals surface area contributed by atoms with E-state index in [1.54, 1.807) is 0 Å². The van der Waals surface area contributed by atoms with Crippen LogP contribution in [0.4, 0.5) is 18.9 Å². The molecule has 0 atom stereocenters. The molecule has 0 saturated carbocycles. The van der Waals surface area contributed by atoms with Crippen LogP contribution in [0.2, 0.25) is 5.02 Å². The molecule has 106 valence electrons. The highest BCUT2D eigenvalue weighted by Crippen LogP contribution is 2.33. The summed E-state index contributed by atoms with van der Waals surface area (Å²) < 4.78 is 37.2. The van der Waals surface area contributed by atoms with E-state index in [4.69, 9.17) is 23.2 Å². The number of carbonyl (C=O) groups is 1. The summed E-state index contributed by atoms with van der Waals surface area (Å²) in [7, 11) is 0. The number of halogens is 5. The summed E-state index contributed by atoms with van der Waals surface area (Å²) in [4.78, 5) is 11.5. The number of hydrogen-bond donors (Lipinski definition) is 1. The molecule has 0 aliphatic heterocycles. The van der Waals surface area contributed by atoms with E-state index in [1.807, 2.05) is 0 Å². The molecule has 0 aliphatic rings. The van der Waals surface area contributed by atoms with Gasteiger partial charge in [-0.05, 0) is 31.0 Å². The zero-order chi connectivity index (χ0) is 14.5. The van der Waals surface area contributed by atoms with Gasteiger partial charge < -0.3 is 5.32 Å². The standard InChI is InChI=1S/C12H12Cl2F3NO/c13-6-2-1-3-11(19)18-10-5-4-8(7-9(10)14)12(15,16)17/h4-5,7H,1-3,6H2,(H,18,19). The van der Waals surface area contributed by atoms with Crippen molar-refractivity contribution in [3.8, 4) is 0 Å². The highest BCUT2D eigenvalue weighted by Gasteiger charge is 2.30. The maximum absolute atomic E-state index is 12.4. The molecule has 1 amide bonds. The predicted molar refractivity (Wildman–Crippen MR) is 69.7 cm³/mol. The maximum Gasteiger partial charge on any atom is 0.416 e. The van der Waals surface area contributed by atoms with Crippen LogP contribution in [-0.4, -0.2) is 11.8 Å². The van der Waals surface area contributed by atoms with Crippen molar-refractivity contribution < 1.29 is 18.0 Å². The van der Waals surface area contributed by atoms with E-state index in [0.717, 1.165) is 18.2 Å². The fraction of sp³-hybridized carbons (Fsp3) is 0.417. The summed E-state index contributed by atoms with van der Waals surface area (Å²) in [5.74, 6) is 0.167. The van der Waals surface area contributed by atoms with Gasteiger partial charge in [0.2, 0.25) is 5.91 Å². The van der Waals surface area contributed by atoms with Crippen molar-refractivity contribution in [1.29, 1.82) is 0 Å². The quantitative estimate of drug-likeness (QED) is 0.619. The van der Waals surface area contributed by atoms with Gasteiger partial charge in [0.05, 0.1) is 16.3 Å². The molecule has 0 saturated heterocycles. The van der Waals surface area contributed by atoms with Crippen molar-refractivity contribution in [2.75, 3.05) is 11.2 Å². The molecule has 1 aromatic carbocycles. The summed E-state index contributed by atoms with van der Waals surface area (Å²) in [6.07, 6.45) is -2.88. The average molecular weight is 314 g/mol. The number of amides is 1. The van der Waals surface area contributed by atoms with Gasteiger partial charge in [-0.3, -0.25) is 4.79 Å². The molecular formula is C12H12Cl2F3NO. The minimum absolute atomic E-state index is 0.138. The topological polar surface area (TPSA) is 29.1 Å². The van der Waals surface area contributed by atoms with Gasteiger partial charge in [-0.2, -0.15) is 13.2 Å². The van der Waals surface area contributed by atoms with Crippen molar-refractivity contribution >= 4 is 34.8 Å². The molecule has 1 N–H and O–H groups in total. The second-order valence-electron chi connectivity index (χ2n) is 3.89. The van der Waals surface area contributed by atoms with Crippen LogP contribution in [0.25, 0.3) is 0 Å². The molecule has 0 fully saturated rings. The Hall–Kier alpha value is -0.940. The minimum Gasteiger partial charge on any atom is -0.325 e. The van der Waals surface area contributed by atoms with Gasteiger partial charge in [0, 0.05) is 12.3 Å². The average Bonchev–Trinajstić information content (AvgIpc) is 2.31. The lowest BCUT2D eigenvalue weighted by Crippen LogP contribution is -2.12. The highest BCUT2D eigenvalue weighted by atomic mass is 35.5. The Kier molecular flexibility index (Phi) is 5.94. The largest absolute Gasteiger partial charge is 0.416 e. The van der Waals surface area contributed by atoms with Gasteiger partial charge in [-0.1, -0.05) is 11.6 Å². The molecule has 2 nitrogen and oxygen atoms in total. The second kappa shape index (κ2) is 7.01. The summed E-state index contributed by atoms with van der Waals surface area (Å²) in [6.45, 7) is 0. The van der Waals surface area contributed by atoms with Gasteiger partial charge in [-0.15, -0.1) is 11.6 Å². The van der Waals surface area contributed by atoms with E-state index in [2.05, 4.69) is 5.32 Å². The molecule has 0 heterocycles. The minimum atomic E-state index is -4.45. The highest BCUT2D eigenvalue weighted by molar-refractivity contribution is 6.33. The molecule has 0 spiro atoms. The third-order valence-electron chi connectivity index (χ3n) is 2.36. The number of carbonyl (C=O) groups excluding carboxylic acids is 1. The van der Waals surface area contributed by atoms with Gasteiger partial charge in [-0.25, -0.2) is 0 Å². The summed E-state index contributed by atoms with van der Waals surface area (Å²) in [6, 6.07) is 2.81. The van der Waals surface area contributed by atoms with Crippen LogP contribution < -0.4 is 5.32 Å². The summed E-state index contributed by atoms with van der Waals surface area (Å²) >= 11 is 11.2. The number of hydrogen-bond acceptors (Lipinski definition) is 1. The summed E-state index contributed by atoms with van der Waals surface area (Å²) in [5.41, 5.74) is -0.678. The zero-order valence-corrected chi connectivity index (χ0v) is 11.4. The first kappa shape index (κ1) is 16.1. The van der Waals surface area contributed by atoms with Crippen LogP contribution in [-0.2, 0) is 11.0 Å². The Balaban J connectivity index is 2.67. The fourth-order valence-corrected chi connectivity index (χ4v) is 1.80. The number of unbranched alkanes of at least 4 members (excludes halogenated alkanes) is 1. The maximum atomic E-state index is 12.4. The van der Waals surface area contributed by atoms with Crippen LogP contribution in [0.15, 0.2) is 18.2 Å². The molecule has 0 radical (unpaired) electrons. The molecule has 0 bridgehead atoms. The third kappa shape index (κ3) is 5.28. The van der Waals surface area contributed by atoms with E-state index < -0.39 is 11.7 Å². The first-order valence-corrected chi connectivity index (χ1v) is 6.48. The monoisotopic (exact) mass is 313 g/mol. The second-order valence-corrected chi connectivity index (χ2v) is 4.67. The van der Waals surface area contributed by atoms with Gasteiger partial charge in [0.15, 0.2) is 0 Å². The van der Waals surface area contributed by atoms with Crippen LogP contribution >= 0.6 is 23.2 Å². The Morgan fingerprint density at radius 3 is 2.47 bits per heavy atom. The van der Waals surface area contributed by atoms with Crippen molar-refractivity contribution in [3.63, 3.8) is 0 Å². The Bertz CT molecular complexity index is 449. The van der Waals surface area contributed by atoms with Gasteiger partial charge in [0.1, 0.15) is 0 Å². The Labute approximate surface area is 118 Å². The molecule has 0 unspecified atom stereocenters. The van der Waals surface area contributed by atoms with Gasteiger partial charge in [0.25, 0.3) is 0 Å². The molecular weight excluding hydrogens is 302 g/mol.